The molecule has 134 valence electrons. The highest BCUT2D eigenvalue weighted by Crippen LogP contribution is 2.54. The summed E-state index contributed by atoms with van der Waals surface area (Å²) in [6.45, 7) is 1.64. The lowest BCUT2D eigenvalue weighted by Gasteiger charge is -2.39. The normalized spacial score (nSPS) is 21.4. The van der Waals surface area contributed by atoms with E-state index in [2.05, 4.69) is 5.10 Å². The molecule has 0 aromatic heterocycles. The third-order valence-corrected chi connectivity index (χ3v) is 5.71. The topological polar surface area (TPSA) is 41.9 Å². The smallest absolute Gasteiger partial charge is 0.241 e. The second-order valence-corrected chi connectivity index (χ2v) is 7.29. The minimum atomic E-state index is -1.01. The van der Waals surface area contributed by atoms with Crippen molar-refractivity contribution in [3.05, 3.63) is 65.0 Å². The molecule has 8 heteroatoms. The average Bonchev–Trinajstić information content (AvgIpc) is 2.95. The van der Waals surface area contributed by atoms with Crippen molar-refractivity contribution >= 4 is 22.7 Å². The van der Waals surface area contributed by atoms with Crippen LogP contribution >= 0.6 is 11.8 Å². The van der Waals surface area contributed by atoms with Crippen LogP contribution in [-0.2, 0) is 9.67 Å². The fourth-order valence-corrected chi connectivity index (χ4v) is 4.60. The predicted molar refractivity (Wildman–Crippen MR) is 91.2 cm³/mol. The van der Waals surface area contributed by atoms with E-state index >= 15 is 0 Å². The van der Waals surface area contributed by atoms with Gasteiger partial charge < -0.3 is 4.74 Å². The number of fused-ring (bicyclic) bond motifs is 2. The Morgan fingerprint density at radius 2 is 1.88 bits per heavy atom. The van der Waals surface area contributed by atoms with Gasteiger partial charge in [0.05, 0.1) is 6.61 Å². The van der Waals surface area contributed by atoms with Crippen molar-refractivity contribution in [1.29, 1.82) is 0 Å². The molecule has 4 nitrogen and oxygen atoms in total. The molecule has 0 radical (unpaired) electrons. The van der Waals surface area contributed by atoms with Crippen LogP contribution in [0, 0.1) is 17.5 Å². The first-order chi connectivity index (χ1) is 12.4. The van der Waals surface area contributed by atoms with E-state index in [9.17, 15) is 18.0 Å². The first kappa shape index (κ1) is 17.0. The number of halogens is 3. The van der Waals surface area contributed by atoms with Crippen LogP contribution in [0.3, 0.4) is 0 Å². The van der Waals surface area contributed by atoms with Crippen LogP contribution in [0.15, 0.2) is 41.5 Å². The van der Waals surface area contributed by atoms with Gasteiger partial charge in [0.1, 0.15) is 33.1 Å². The molecular formula is C18H13F3N2O2S. The summed E-state index contributed by atoms with van der Waals surface area (Å²) in [5.41, 5.74) is 0.694. The molecule has 2 aromatic rings. The Labute approximate surface area is 151 Å². The number of carbonyl (C=O) groups is 1. The summed E-state index contributed by atoms with van der Waals surface area (Å²) in [5.74, 6) is -1.85. The monoisotopic (exact) mass is 378 g/mol. The first-order valence-corrected chi connectivity index (χ1v) is 8.68. The number of rotatable bonds is 1. The molecule has 26 heavy (non-hydrogen) atoms. The zero-order chi connectivity index (χ0) is 18.5. The van der Waals surface area contributed by atoms with Crippen molar-refractivity contribution in [2.45, 2.75) is 18.2 Å². The summed E-state index contributed by atoms with van der Waals surface area (Å²) in [6.07, 6.45) is 0.360. The Morgan fingerprint density at radius 1 is 1.15 bits per heavy atom. The Balaban J connectivity index is 1.85. The molecule has 0 N–H and O–H groups in total. The molecule has 1 atom stereocenters. The maximum absolute atomic E-state index is 13.9. The minimum absolute atomic E-state index is 0.222. The van der Waals surface area contributed by atoms with Gasteiger partial charge in [-0.1, -0.05) is 11.8 Å². The molecule has 1 spiro atoms. The third kappa shape index (κ3) is 2.65. The number of amides is 1. The van der Waals surface area contributed by atoms with Crippen LogP contribution in [0.4, 0.5) is 13.2 Å². The van der Waals surface area contributed by atoms with Gasteiger partial charge in [-0.25, -0.2) is 18.2 Å². The number of hydrogen-bond donors (Lipinski definition) is 0. The fourth-order valence-electron chi connectivity index (χ4n) is 3.21. The highest BCUT2D eigenvalue weighted by atomic mass is 32.2. The summed E-state index contributed by atoms with van der Waals surface area (Å²) in [6, 6.07) is 7.16. The molecule has 0 saturated carbocycles. The van der Waals surface area contributed by atoms with Crippen molar-refractivity contribution in [2.75, 3.05) is 6.61 Å². The summed E-state index contributed by atoms with van der Waals surface area (Å²) in [5, 5.41) is 5.83. The maximum Gasteiger partial charge on any atom is 0.241 e. The highest BCUT2D eigenvalue weighted by Gasteiger charge is 2.51. The van der Waals surface area contributed by atoms with Gasteiger partial charge >= 0.3 is 0 Å². The Kier molecular flexibility index (Phi) is 3.95. The Hall–Kier alpha value is -2.48. The van der Waals surface area contributed by atoms with Crippen molar-refractivity contribution in [3.8, 4) is 5.75 Å². The molecule has 0 fully saturated rings. The molecule has 0 aliphatic carbocycles. The molecule has 2 aromatic carbocycles. The van der Waals surface area contributed by atoms with Crippen molar-refractivity contribution in [3.63, 3.8) is 0 Å². The van der Waals surface area contributed by atoms with Crippen LogP contribution in [0.1, 0.15) is 24.5 Å². The molecule has 1 unspecified atom stereocenters. The van der Waals surface area contributed by atoms with Gasteiger partial charge in [0, 0.05) is 30.5 Å². The lowest BCUT2D eigenvalue weighted by Crippen LogP contribution is -2.43. The summed E-state index contributed by atoms with van der Waals surface area (Å²) in [7, 11) is 0. The number of ether oxygens (including phenoxy) is 1. The SMILES string of the molecule is CC(=O)N1N=C(c2cc(F)cc(F)c2)SC12CCOc1ccc(F)cc12. The van der Waals surface area contributed by atoms with Crippen molar-refractivity contribution in [1.82, 2.24) is 5.01 Å². The van der Waals surface area contributed by atoms with Gasteiger partial charge in [-0.3, -0.25) is 4.79 Å². The molecule has 1 amide bonds. The van der Waals surface area contributed by atoms with Gasteiger partial charge in [-0.05, 0) is 30.3 Å². The molecule has 2 aliphatic heterocycles. The van der Waals surface area contributed by atoms with Crippen molar-refractivity contribution < 1.29 is 22.7 Å². The number of thioether (sulfide) groups is 1. The lowest BCUT2D eigenvalue weighted by molar-refractivity contribution is -0.132. The highest BCUT2D eigenvalue weighted by molar-refractivity contribution is 8.15. The second kappa shape index (κ2) is 6.05. The number of carbonyl (C=O) groups excluding carboxylic acids is 1. The lowest BCUT2D eigenvalue weighted by atomic mass is 9.98. The predicted octanol–water partition coefficient (Wildman–Crippen LogP) is 4.00. The van der Waals surface area contributed by atoms with Crippen LogP contribution in [-0.4, -0.2) is 22.6 Å². The van der Waals surface area contributed by atoms with Crippen LogP contribution < -0.4 is 4.74 Å². The van der Waals surface area contributed by atoms with E-state index in [0.29, 0.717) is 24.3 Å². The zero-order valence-corrected chi connectivity index (χ0v) is 14.4. The van der Waals surface area contributed by atoms with Crippen LogP contribution in [0.25, 0.3) is 0 Å². The van der Waals surface area contributed by atoms with Gasteiger partial charge in [-0.15, -0.1) is 0 Å². The second-order valence-electron chi connectivity index (χ2n) is 6.02. The van der Waals surface area contributed by atoms with E-state index in [0.717, 1.165) is 18.2 Å². The van der Waals surface area contributed by atoms with E-state index in [1.807, 2.05) is 0 Å². The maximum atomic E-state index is 13.9. The zero-order valence-electron chi connectivity index (χ0n) is 13.6. The van der Waals surface area contributed by atoms with E-state index in [-0.39, 0.29) is 16.5 Å². The molecule has 2 heterocycles. The van der Waals surface area contributed by atoms with Gasteiger partial charge in [-0.2, -0.15) is 5.10 Å². The summed E-state index contributed by atoms with van der Waals surface area (Å²) < 4.78 is 46.7. The van der Waals surface area contributed by atoms with E-state index in [4.69, 9.17) is 4.74 Å². The molecule has 0 saturated heterocycles. The third-order valence-electron chi connectivity index (χ3n) is 4.27. The Bertz CT molecular complexity index is 930. The van der Waals surface area contributed by atoms with Crippen LogP contribution in [0.2, 0.25) is 0 Å². The summed E-state index contributed by atoms with van der Waals surface area (Å²) in [4.78, 5) is 11.2. The number of hydrazone groups is 1. The standard InChI is InChI=1S/C18H13F3N2O2S/c1-10(24)23-18(4-5-25-16-3-2-12(19)9-15(16)18)26-17(22-23)11-6-13(20)8-14(21)7-11/h2-3,6-9H,4-5H2,1H3. The molecule has 2 aliphatic rings. The fraction of sp³-hybridized carbons (Fsp3) is 0.222. The molecule has 4 rings (SSSR count). The number of benzene rings is 2. The first-order valence-electron chi connectivity index (χ1n) is 7.87. The number of hydrogen-bond acceptors (Lipinski definition) is 4. The molecular weight excluding hydrogens is 365 g/mol. The minimum Gasteiger partial charge on any atom is -0.493 e. The van der Waals surface area contributed by atoms with Crippen molar-refractivity contribution in [2.24, 2.45) is 5.10 Å². The quantitative estimate of drug-likeness (QED) is 0.753. The largest absolute Gasteiger partial charge is 0.493 e. The average molecular weight is 378 g/mol. The molecule has 0 bridgehead atoms. The summed E-state index contributed by atoms with van der Waals surface area (Å²) >= 11 is 1.17. The number of nitrogens with zero attached hydrogens (tertiary/aromatic N) is 2. The van der Waals surface area contributed by atoms with E-state index in [1.165, 1.54) is 41.9 Å². The van der Waals surface area contributed by atoms with Gasteiger partial charge in [0.2, 0.25) is 5.91 Å². The van der Waals surface area contributed by atoms with E-state index in [1.54, 1.807) is 0 Å². The van der Waals surface area contributed by atoms with E-state index < -0.39 is 22.3 Å². The van der Waals surface area contributed by atoms with Gasteiger partial charge in [0.15, 0.2) is 0 Å². The van der Waals surface area contributed by atoms with Crippen LogP contribution in [0.5, 0.6) is 5.75 Å². The Morgan fingerprint density at radius 3 is 2.58 bits per heavy atom. The van der Waals surface area contributed by atoms with Gasteiger partial charge in [0.25, 0.3) is 0 Å².